The summed E-state index contributed by atoms with van der Waals surface area (Å²) in [5.74, 6) is 2.53. The van der Waals surface area contributed by atoms with E-state index in [9.17, 15) is 0 Å². The van der Waals surface area contributed by atoms with Gasteiger partial charge < -0.3 is 5.32 Å². The highest BCUT2D eigenvalue weighted by Gasteiger charge is 2.29. The van der Waals surface area contributed by atoms with Crippen LogP contribution in [0.2, 0.25) is 0 Å². The van der Waals surface area contributed by atoms with Crippen molar-refractivity contribution in [1.29, 1.82) is 0 Å². The summed E-state index contributed by atoms with van der Waals surface area (Å²) in [6.07, 6.45) is 5.39. The van der Waals surface area contributed by atoms with Crippen LogP contribution in [-0.2, 0) is 6.42 Å². The second-order valence-corrected chi connectivity index (χ2v) is 8.82. The Morgan fingerprint density at radius 3 is 2.38 bits per heavy atom. The second kappa shape index (κ2) is 7.28. The van der Waals surface area contributed by atoms with Gasteiger partial charge in [0.2, 0.25) is 0 Å². The number of benzene rings is 1. The number of nitrogens with one attached hydrogen (secondary N) is 1. The van der Waals surface area contributed by atoms with Crippen LogP contribution in [-0.4, -0.2) is 12.1 Å². The molecule has 21 heavy (non-hydrogen) atoms. The number of hydrogen-bond donors (Lipinski definition) is 1. The Bertz CT molecular complexity index is 432. The zero-order valence-corrected chi connectivity index (χ0v) is 15.5. The van der Waals surface area contributed by atoms with E-state index in [-0.39, 0.29) is 5.54 Å². The van der Waals surface area contributed by atoms with Crippen LogP contribution in [0, 0.1) is 17.8 Å². The molecule has 1 nitrogen and oxygen atoms in total. The Hall–Kier alpha value is -0.340. The first-order chi connectivity index (χ1) is 9.83. The average molecular weight is 352 g/mol. The lowest BCUT2D eigenvalue weighted by atomic mass is 9.72. The van der Waals surface area contributed by atoms with Gasteiger partial charge in [0, 0.05) is 10.0 Å². The van der Waals surface area contributed by atoms with Crippen LogP contribution in [0.15, 0.2) is 28.7 Å². The molecule has 1 aromatic rings. The van der Waals surface area contributed by atoms with Gasteiger partial charge in [-0.05, 0) is 82.0 Å². The Labute approximate surface area is 139 Å². The molecule has 3 atom stereocenters. The van der Waals surface area contributed by atoms with Gasteiger partial charge in [0.05, 0.1) is 0 Å². The quantitative estimate of drug-likeness (QED) is 0.762. The third-order valence-corrected chi connectivity index (χ3v) is 5.24. The van der Waals surface area contributed by atoms with Crippen LogP contribution >= 0.6 is 15.9 Å². The van der Waals surface area contributed by atoms with Crippen LogP contribution < -0.4 is 5.32 Å². The van der Waals surface area contributed by atoms with E-state index in [1.165, 1.54) is 35.7 Å². The molecule has 1 N–H and O–H groups in total. The third kappa shape index (κ3) is 5.75. The molecule has 0 spiro atoms. The van der Waals surface area contributed by atoms with E-state index >= 15 is 0 Å². The minimum absolute atomic E-state index is 0.227. The first-order valence-corrected chi connectivity index (χ1v) is 9.12. The van der Waals surface area contributed by atoms with Crippen molar-refractivity contribution in [2.75, 3.05) is 6.54 Å². The molecule has 0 aromatic heterocycles. The molecule has 0 radical (unpaired) electrons. The Morgan fingerprint density at radius 2 is 1.76 bits per heavy atom. The second-order valence-electron chi connectivity index (χ2n) is 7.90. The molecule has 1 aliphatic rings. The van der Waals surface area contributed by atoms with E-state index in [0.29, 0.717) is 0 Å². The fourth-order valence-electron chi connectivity index (χ4n) is 3.44. The summed E-state index contributed by atoms with van der Waals surface area (Å²) in [5.41, 5.74) is 1.71. The molecule has 1 fully saturated rings. The Balaban J connectivity index is 1.99. The lowest BCUT2D eigenvalue weighted by Gasteiger charge is -2.37. The highest BCUT2D eigenvalue weighted by atomic mass is 79.9. The fraction of sp³-hybridized carbons (Fsp3) is 0.684. The van der Waals surface area contributed by atoms with Crippen molar-refractivity contribution >= 4 is 15.9 Å². The van der Waals surface area contributed by atoms with Crippen molar-refractivity contribution in [1.82, 2.24) is 5.32 Å². The molecule has 0 aliphatic heterocycles. The van der Waals surface area contributed by atoms with Crippen molar-refractivity contribution in [3.05, 3.63) is 34.3 Å². The van der Waals surface area contributed by atoms with Gasteiger partial charge in [0.15, 0.2) is 0 Å². The molecule has 1 saturated carbocycles. The number of hydrogen-bond acceptors (Lipinski definition) is 1. The van der Waals surface area contributed by atoms with E-state index in [0.717, 1.165) is 24.3 Å². The van der Waals surface area contributed by atoms with E-state index in [1.54, 1.807) is 0 Å². The van der Waals surface area contributed by atoms with Crippen LogP contribution in [0.5, 0.6) is 0 Å². The molecule has 0 saturated heterocycles. The average Bonchev–Trinajstić information content (AvgIpc) is 2.39. The normalized spacial score (nSPS) is 26.8. The van der Waals surface area contributed by atoms with Crippen LogP contribution in [0.3, 0.4) is 0 Å². The standard InChI is InChI=1S/C19H30BrN/c1-14-5-8-16(13-21-19(2,3)4)17(11-14)12-15-6-9-18(20)10-7-15/h6-7,9-10,14,16-17,21H,5,8,11-13H2,1-4H3. The zero-order chi connectivity index (χ0) is 15.5. The maximum absolute atomic E-state index is 3.72. The molecule has 1 aromatic carbocycles. The van der Waals surface area contributed by atoms with Crippen molar-refractivity contribution in [2.45, 2.75) is 58.9 Å². The smallest absolute Gasteiger partial charge is 0.0175 e. The summed E-state index contributed by atoms with van der Waals surface area (Å²) in [6.45, 7) is 10.4. The summed E-state index contributed by atoms with van der Waals surface area (Å²) in [5, 5.41) is 3.72. The van der Waals surface area contributed by atoms with Gasteiger partial charge in [-0.25, -0.2) is 0 Å². The highest BCUT2D eigenvalue weighted by Crippen LogP contribution is 2.36. The van der Waals surface area contributed by atoms with Gasteiger partial charge in [-0.15, -0.1) is 0 Å². The highest BCUT2D eigenvalue weighted by molar-refractivity contribution is 9.10. The molecule has 1 aliphatic carbocycles. The van der Waals surface area contributed by atoms with Gasteiger partial charge in [-0.2, -0.15) is 0 Å². The van der Waals surface area contributed by atoms with Crippen LogP contribution in [0.4, 0.5) is 0 Å². The lowest BCUT2D eigenvalue weighted by molar-refractivity contribution is 0.174. The number of rotatable bonds is 4. The first kappa shape index (κ1) is 17.0. The van der Waals surface area contributed by atoms with Crippen molar-refractivity contribution in [3.63, 3.8) is 0 Å². The molecule has 0 heterocycles. The van der Waals surface area contributed by atoms with Crippen molar-refractivity contribution < 1.29 is 0 Å². The van der Waals surface area contributed by atoms with Gasteiger partial charge in [0.25, 0.3) is 0 Å². The molecule has 0 bridgehead atoms. The Morgan fingerprint density at radius 1 is 1.10 bits per heavy atom. The van der Waals surface area contributed by atoms with E-state index in [2.05, 4.69) is 73.2 Å². The fourth-order valence-corrected chi connectivity index (χ4v) is 3.71. The minimum Gasteiger partial charge on any atom is -0.312 e. The third-order valence-electron chi connectivity index (χ3n) is 4.71. The largest absolute Gasteiger partial charge is 0.312 e. The summed E-state index contributed by atoms with van der Waals surface area (Å²) in [4.78, 5) is 0. The summed E-state index contributed by atoms with van der Waals surface area (Å²) in [6, 6.07) is 8.89. The predicted octanol–water partition coefficient (Wildman–Crippen LogP) is 5.43. The van der Waals surface area contributed by atoms with Crippen LogP contribution in [0.1, 0.15) is 52.5 Å². The van der Waals surface area contributed by atoms with Crippen LogP contribution in [0.25, 0.3) is 0 Å². The number of halogens is 1. The van der Waals surface area contributed by atoms with Crippen molar-refractivity contribution in [3.8, 4) is 0 Å². The SMILES string of the molecule is CC1CCC(CNC(C)(C)C)C(Cc2ccc(Br)cc2)C1. The maximum Gasteiger partial charge on any atom is 0.0175 e. The molecular formula is C19H30BrN. The summed E-state index contributed by atoms with van der Waals surface area (Å²) >= 11 is 3.53. The predicted molar refractivity (Wildman–Crippen MR) is 95.6 cm³/mol. The van der Waals surface area contributed by atoms with Gasteiger partial charge in [-0.3, -0.25) is 0 Å². The minimum atomic E-state index is 0.227. The molecule has 2 heteroatoms. The van der Waals surface area contributed by atoms with E-state index in [1.807, 2.05) is 0 Å². The maximum atomic E-state index is 3.72. The summed E-state index contributed by atoms with van der Waals surface area (Å²) < 4.78 is 1.18. The molecule has 3 unspecified atom stereocenters. The zero-order valence-electron chi connectivity index (χ0n) is 14.0. The molecule has 2 rings (SSSR count). The molecular weight excluding hydrogens is 322 g/mol. The molecule has 118 valence electrons. The lowest BCUT2D eigenvalue weighted by Crippen LogP contribution is -2.42. The van der Waals surface area contributed by atoms with Gasteiger partial charge in [0.1, 0.15) is 0 Å². The van der Waals surface area contributed by atoms with Gasteiger partial charge in [-0.1, -0.05) is 41.4 Å². The van der Waals surface area contributed by atoms with E-state index in [4.69, 9.17) is 0 Å². The summed E-state index contributed by atoms with van der Waals surface area (Å²) in [7, 11) is 0. The topological polar surface area (TPSA) is 12.0 Å². The first-order valence-electron chi connectivity index (χ1n) is 8.33. The van der Waals surface area contributed by atoms with E-state index < -0.39 is 0 Å². The molecule has 0 amide bonds. The van der Waals surface area contributed by atoms with Crippen molar-refractivity contribution in [2.24, 2.45) is 17.8 Å². The monoisotopic (exact) mass is 351 g/mol. The van der Waals surface area contributed by atoms with Gasteiger partial charge >= 0.3 is 0 Å². The Kier molecular flexibility index (Phi) is 5.90.